The molecule has 7 nitrogen and oxygen atoms in total. The van der Waals surface area contributed by atoms with Crippen LogP contribution in [0.4, 0.5) is 10.1 Å². The maximum Gasteiger partial charge on any atom is 0.328 e. The van der Waals surface area contributed by atoms with Gasteiger partial charge in [0.2, 0.25) is 5.82 Å². The highest BCUT2D eigenvalue weighted by atomic mass is 19.1. The topological polar surface area (TPSA) is 98.0 Å². The molecule has 0 atom stereocenters. The Morgan fingerprint density at radius 3 is 2.75 bits per heavy atom. The van der Waals surface area contributed by atoms with E-state index in [2.05, 4.69) is 4.98 Å². The van der Waals surface area contributed by atoms with Gasteiger partial charge in [-0.15, -0.1) is 0 Å². The lowest BCUT2D eigenvalue weighted by Crippen LogP contribution is -2.31. The summed E-state index contributed by atoms with van der Waals surface area (Å²) in [6.45, 7) is 1.29. The highest BCUT2D eigenvalue weighted by molar-refractivity contribution is 5.36. The minimum Gasteiger partial charge on any atom is -0.296 e. The van der Waals surface area contributed by atoms with E-state index in [1.54, 1.807) is 0 Å². The van der Waals surface area contributed by atoms with Gasteiger partial charge in [-0.2, -0.15) is 4.39 Å². The molecule has 0 aliphatic rings. The third-order valence-corrected chi connectivity index (χ3v) is 2.78. The normalized spacial score (nSPS) is 10.5. The van der Waals surface area contributed by atoms with Gasteiger partial charge in [-0.1, -0.05) is 12.1 Å². The number of hydrogen-bond acceptors (Lipinski definition) is 4. The van der Waals surface area contributed by atoms with Crippen molar-refractivity contribution in [2.45, 2.75) is 13.5 Å². The number of H-pyrrole nitrogens is 1. The molecule has 0 saturated carbocycles. The monoisotopic (exact) mass is 279 g/mol. The number of hydrogen-bond donors (Lipinski definition) is 1. The van der Waals surface area contributed by atoms with Gasteiger partial charge in [0.05, 0.1) is 11.5 Å². The summed E-state index contributed by atoms with van der Waals surface area (Å²) in [5.74, 6) is -0.992. The molecule has 0 radical (unpaired) electrons. The van der Waals surface area contributed by atoms with Crippen molar-refractivity contribution >= 4 is 5.69 Å². The minimum atomic E-state index is -0.992. The van der Waals surface area contributed by atoms with Gasteiger partial charge in [0, 0.05) is 23.4 Å². The van der Waals surface area contributed by atoms with Crippen LogP contribution in [0.1, 0.15) is 11.1 Å². The van der Waals surface area contributed by atoms with Crippen molar-refractivity contribution in [3.8, 4) is 0 Å². The van der Waals surface area contributed by atoms with Crippen LogP contribution in [0.5, 0.6) is 0 Å². The first-order valence-electron chi connectivity index (χ1n) is 5.62. The zero-order chi connectivity index (χ0) is 14.9. The van der Waals surface area contributed by atoms with Crippen molar-refractivity contribution in [1.29, 1.82) is 0 Å². The number of nitro groups is 1. The van der Waals surface area contributed by atoms with E-state index in [9.17, 15) is 24.1 Å². The number of rotatable bonds is 3. The fourth-order valence-electron chi connectivity index (χ4n) is 1.75. The third kappa shape index (κ3) is 2.48. The number of nitrogens with one attached hydrogen (secondary N) is 1. The van der Waals surface area contributed by atoms with Gasteiger partial charge < -0.3 is 0 Å². The molecule has 2 rings (SSSR count). The Morgan fingerprint density at radius 1 is 1.40 bits per heavy atom. The summed E-state index contributed by atoms with van der Waals surface area (Å²) in [6, 6.07) is 3.72. The first kappa shape index (κ1) is 13.7. The Balaban J connectivity index is 2.48. The van der Waals surface area contributed by atoms with Crippen LogP contribution in [-0.2, 0) is 6.54 Å². The molecule has 0 spiro atoms. The summed E-state index contributed by atoms with van der Waals surface area (Å²) < 4.78 is 15.0. The number of aromatic nitrogens is 2. The molecule has 0 bridgehead atoms. The predicted octanol–water partition coefficient (Wildman–Crippen LogP) is 0.941. The zero-order valence-corrected chi connectivity index (χ0v) is 10.4. The number of nitro benzene ring substituents is 1. The molecule has 20 heavy (non-hydrogen) atoms. The smallest absolute Gasteiger partial charge is 0.296 e. The van der Waals surface area contributed by atoms with Crippen LogP contribution >= 0.6 is 0 Å². The number of aryl methyl sites for hydroxylation is 1. The third-order valence-electron chi connectivity index (χ3n) is 2.78. The molecule has 1 aromatic heterocycles. The van der Waals surface area contributed by atoms with Crippen molar-refractivity contribution in [3.63, 3.8) is 0 Å². The van der Waals surface area contributed by atoms with E-state index in [4.69, 9.17) is 0 Å². The molecule has 8 heteroatoms. The molecule has 0 aliphatic heterocycles. The van der Waals surface area contributed by atoms with E-state index in [1.165, 1.54) is 25.3 Å². The number of aromatic amines is 1. The van der Waals surface area contributed by atoms with Gasteiger partial charge in [-0.25, -0.2) is 4.79 Å². The summed E-state index contributed by atoms with van der Waals surface area (Å²) in [7, 11) is 0. The van der Waals surface area contributed by atoms with Crippen molar-refractivity contribution in [1.82, 2.24) is 9.55 Å². The van der Waals surface area contributed by atoms with Crippen LogP contribution in [0.25, 0.3) is 0 Å². The van der Waals surface area contributed by atoms with Crippen LogP contribution in [0.15, 0.2) is 34.0 Å². The number of halogens is 1. The molecule has 1 heterocycles. The van der Waals surface area contributed by atoms with Crippen LogP contribution in [0, 0.1) is 22.9 Å². The van der Waals surface area contributed by atoms with Crippen molar-refractivity contribution in [3.05, 3.63) is 72.3 Å². The lowest BCUT2D eigenvalue weighted by atomic mass is 10.2. The Labute approximate surface area is 111 Å². The predicted molar refractivity (Wildman–Crippen MR) is 68.2 cm³/mol. The van der Waals surface area contributed by atoms with Crippen LogP contribution in [-0.4, -0.2) is 14.5 Å². The summed E-state index contributed by atoms with van der Waals surface area (Å²) in [5.41, 5.74) is -1.60. The maximum absolute atomic E-state index is 13.9. The van der Waals surface area contributed by atoms with E-state index in [0.29, 0.717) is 0 Å². The zero-order valence-electron chi connectivity index (χ0n) is 10.4. The molecule has 0 unspecified atom stereocenters. The van der Waals surface area contributed by atoms with Crippen LogP contribution in [0.2, 0.25) is 0 Å². The molecule has 0 aliphatic carbocycles. The average molecular weight is 279 g/mol. The summed E-state index contributed by atoms with van der Waals surface area (Å²) >= 11 is 0. The number of benzene rings is 1. The van der Waals surface area contributed by atoms with E-state index in [1.807, 2.05) is 0 Å². The molecule has 104 valence electrons. The Hall–Kier alpha value is -2.77. The SMILES string of the molecule is Cc1cn(Cc2cccc([N+](=O)[O-])c2F)c(=O)[nH]c1=O. The van der Waals surface area contributed by atoms with Gasteiger partial charge in [-0.05, 0) is 6.92 Å². The van der Waals surface area contributed by atoms with Crippen molar-refractivity contribution < 1.29 is 9.31 Å². The Kier molecular flexibility index (Phi) is 3.47. The summed E-state index contributed by atoms with van der Waals surface area (Å²) in [5, 5.41) is 10.6. The largest absolute Gasteiger partial charge is 0.328 e. The second kappa shape index (κ2) is 5.08. The second-order valence-electron chi connectivity index (χ2n) is 4.21. The highest BCUT2D eigenvalue weighted by Gasteiger charge is 2.17. The van der Waals surface area contributed by atoms with Gasteiger partial charge in [-0.3, -0.25) is 24.5 Å². The molecule has 1 N–H and O–H groups in total. The van der Waals surface area contributed by atoms with E-state index < -0.39 is 27.7 Å². The summed E-state index contributed by atoms with van der Waals surface area (Å²) in [4.78, 5) is 34.7. The first-order chi connectivity index (χ1) is 9.40. The molecule has 0 amide bonds. The highest BCUT2D eigenvalue weighted by Crippen LogP contribution is 2.20. The van der Waals surface area contributed by atoms with Gasteiger partial charge in [0.15, 0.2) is 0 Å². The van der Waals surface area contributed by atoms with Crippen molar-refractivity contribution in [2.75, 3.05) is 0 Å². The van der Waals surface area contributed by atoms with Crippen LogP contribution in [0.3, 0.4) is 0 Å². The summed E-state index contributed by atoms with van der Waals surface area (Å²) in [6.07, 6.45) is 1.28. The van der Waals surface area contributed by atoms with Gasteiger partial charge in [0.1, 0.15) is 0 Å². The van der Waals surface area contributed by atoms with Gasteiger partial charge >= 0.3 is 11.4 Å². The van der Waals surface area contributed by atoms with E-state index in [0.717, 1.165) is 10.6 Å². The first-order valence-corrected chi connectivity index (χ1v) is 5.62. The second-order valence-corrected chi connectivity index (χ2v) is 4.21. The molecular weight excluding hydrogens is 269 g/mol. The van der Waals surface area contributed by atoms with E-state index in [-0.39, 0.29) is 17.7 Å². The maximum atomic E-state index is 13.9. The number of nitrogens with zero attached hydrogens (tertiary/aromatic N) is 2. The molecule has 0 saturated heterocycles. The van der Waals surface area contributed by atoms with Gasteiger partial charge in [0.25, 0.3) is 5.56 Å². The minimum absolute atomic E-state index is 0.00671. The molecule has 0 fully saturated rings. The van der Waals surface area contributed by atoms with Crippen LogP contribution < -0.4 is 11.2 Å². The van der Waals surface area contributed by atoms with E-state index >= 15 is 0 Å². The lowest BCUT2D eigenvalue weighted by molar-refractivity contribution is -0.387. The Bertz CT molecular complexity index is 794. The quantitative estimate of drug-likeness (QED) is 0.667. The molecule has 2 aromatic rings. The fourth-order valence-corrected chi connectivity index (χ4v) is 1.75. The molecule has 1 aromatic carbocycles. The molecular formula is C12H10FN3O4. The Morgan fingerprint density at radius 2 is 2.10 bits per heavy atom. The lowest BCUT2D eigenvalue weighted by Gasteiger charge is -2.07. The fraction of sp³-hybridized carbons (Fsp3) is 0.167. The average Bonchev–Trinajstić information content (AvgIpc) is 2.37. The standard InChI is InChI=1S/C12H10FN3O4/c1-7-5-15(12(18)14-11(7)17)6-8-3-2-4-9(10(8)13)16(19)20/h2-5H,6H2,1H3,(H,14,17,18). The van der Waals surface area contributed by atoms with Crippen molar-refractivity contribution in [2.24, 2.45) is 0 Å².